The molecule has 0 radical (unpaired) electrons. The van der Waals surface area contributed by atoms with Crippen LogP contribution >= 0.6 is 0 Å². The number of carbonyl (C=O) groups excluding carboxylic acids is 1. The first-order valence-electron chi connectivity index (χ1n) is 13.6. The van der Waals surface area contributed by atoms with Crippen LogP contribution in [0.2, 0.25) is 0 Å². The Morgan fingerprint density at radius 2 is 1.65 bits per heavy atom. The van der Waals surface area contributed by atoms with E-state index in [4.69, 9.17) is 9.72 Å². The number of nitrogens with zero attached hydrogens (tertiary/aromatic N) is 2. The van der Waals surface area contributed by atoms with Gasteiger partial charge in [-0.3, -0.25) is 9.20 Å². The maximum atomic E-state index is 13.2. The molecule has 0 saturated carbocycles. The van der Waals surface area contributed by atoms with Crippen molar-refractivity contribution >= 4 is 17.6 Å². The van der Waals surface area contributed by atoms with E-state index in [9.17, 15) is 14.7 Å². The highest BCUT2D eigenvalue weighted by molar-refractivity contribution is 5.96. The van der Waals surface area contributed by atoms with Gasteiger partial charge < -0.3 is 9.84 Å². The van der Waals surface area contributed by atoms with Gasteiger partial charge in [0.15, 0.2) is 6.10 Å². The van der Waals surface area contributed by atoms with Gasteiger partial charge in [0.1, 0.15) is 5.65 Å². The predicted molar refractivity (Wildman–Crippen MR) is 155 cm³/mol. The van der Waals surface area contributed by atoms with E-state index < -0.39 is 12.1 Å². The summed E-state index contributed by atoms with van der Waals surface area (Å²) in [4.78, 5) is 29.9. The monoisotopic (exact) mass is 532 g/mol. The summed E-state index contributed by atoms with van der Waals surface area (Å²) in [5.41, 5.74) is 7.00. The van der Waals surface area contributed by atoms with Gasteiger partial charge in [-0.1, -0.05) is 92.2 Å². The lowest BCUT2D eigenvalue weighted by Crippen LogP contribution is -2.17. The van der Waals surface area contributed by atoms with Gasteiger partial charge in [0.05, 0.1) is 23.4 Å². The summed E-state index contributed by atoms with van der Waals surface area (Å²) in [6.45, 7) is 4.19. The lowest BCUT2D eigenvalue weighted by Gasteiger charge is -2.21. The normalized spacial score (nSPS) is 11.8. The van der Waals surface area contributed by atoms with Gasteiger partial charge in [-0.05, 0) is 59.7 Å². The quantitative estimate of drug-likeness (QED) is 0.192. The molecule has 0 saturated heterocycles. The molecule has 2 aromatic heterocycles. The van der Waals surface area contributed by atoms with Crippen LogP contribution in [-0.4, -0.2) is 26.4 Å². The Hall–Kier alpha value is -4.71. The molecule has 40 heavy (non-hydrogen) atoms. The van der Waals surface area contributed by atoms with E-state index in [1.807, 2.05) is 90.3 Å². The number of esters is 1. The molecular formula is C34H32N2O4. The Morgan fingerprint density at radius 1 is 0.925 bits per heavy atom. The van der Waals surface area contributed by atoms with E-state index in [-0.39, 0.29) is 18.0 Å². The molecule has 5 rings (SSSR count). The Labute approximate surface area is 233 Å². The number of carboxylic acids is 1. The van der Waals surface area contributed by atoms with Crippen molar-refractivity contribution in [2.45, 2.75) is 45.6 Å². The largest absolute Gasteiger partial charge is 0.478 e. The minimum Gasteiger partial charge on any atom is -0.478 e. The number of carbonyl (C=O) groups is 2. The molecule has 0 spiro atoms. The number of carboxylic acid groups (broad SMARTS) is 1. The summed E-state index contributed by atoms with van der Waals surface area (Å²) >= 11 is 0. The summed E-state index contributed by atoms with van der Waals surface area (Å²) in [7, 11) is 0. The van der Waals surface area contributed by atoms with Crippen LogP contribution < -0.4 is 0 Å². The topological polar surface area (TPSA) is 80.9 Å². The van der Waals surface area contributed by atoms with Gasteiger partial charge in [0.2, 0.25) is 0 Å². The van der Waals surface area contributed by atoms with Crippen LogP contribution in [0.5, 0.6) is 0 Å². The molecule has 0 aliphatic rings. The molecule has 6 heteroatoms. The van der Waals surface area contributed by atoms with Crippen molar-refractivity contribution in [1.29, 1.82) is 0 Å². The second-order valence-corrected chi connectivity index (χ2v) is 9.98. The van der Waals surface area contributed by atoms with Crippen molar-refractivity contribution in [3.05, 3.63) is 131 Å². The third-order valence-corrected chi connectivity index (χ3v) is 7.07. The van der Waals surface area contributed by atoms with Gasteiger partial charge in [-0.25, -0.2) is 9.78 Å². The second-order valence-electron chi connectivity index (χ2n) is 9.98. The zero-order valence-electron chi connectivity index (χ0n) is 22.7. The van der Waals surface area contributed by atoms with Crippen molar-refractivity contribution in [3.63, 3.8) is 0 Å². The molecule has 0 amide bonds. The molecule has 6 nitrogen and oxygen atoms in total. The van der Waals surface area contributed by atoms with Gasteiger partial charge in [-0.2, -0.15) is 0 Å². The van der Waals surface area contributed by atoms with Crippen LogP contribution in [0.4, 0.5) is 0 Å². The number of pyridine rings is 1. The molecule has 0 fully saturated rings. The first-order valence-corrected chi connectivity index (χ1v) is 13.6. The fraction of sp³-hybridized carbons (Fsp3) is 0.206. The summed E-state index contributed by atoms with van der Waals surface area (Å²) in [6.07, 6.45) is 4.53. The number of hydrogen-bond donors (Lipinski definition) is 1. The number of aryl methyl sites for hydroxylation is 2. The molecule has 1 atom stereocenters. The summed E-state index contributed by atoms with van der Waals surface area (Å²) in [5.74, 6) is -1.31. The van der Waals surface area contributed by atoms with E-state index >= 15 is 0 Å². The van der Waals surface area contributed by atoms with Crippen LogP contribution in [0.3, 0.4) is 0 Å². The molecule has 0 aliphatic carbocycles. The van der Waals surface area contributed by atoms with Crippen molar-refractivity contribution in [2.75, 3.05) is 0 Å². The summed E-state index contributed by atoms with van der Waals surface area (Å²) < 4.78 is 8.23. The molecule has 0 bridgehead atoms. The third-order valence-electron chi connectivity index (χ3n) is 7.07. The van der Waals surface area contributed by atoms with Crippen molar-refractivity contribution in [1.82, 2.24) is 9.38 Å². The molecule has 1 N–H and O–H groups in total. The molecule has 0 aliphatic heterocycles. The number of imidazole rings is 1. The van der Waals surface area contributed by atoms with Crippen LogP contribution in [0, 0.1) is 6.92 Å². The highest BCUT2D eigenvalue weighted by Crippen LogP contribution is 2.32. The molecular weight excluding hydrogens is 500 g/mol. The maximum Gasteiger partial charge on any atom is 0.336 e. The SMILES string of the molecule is CCCCc1cn2c(C(OC(=O)Cc3ccccc3)c3ccc(-c4ccccc4C(=O)O)cc3)ccc(C)c2n1. The summed E-state index contributed by atoms with van der Waals surface area (Å²) in [5, 5.41) is 9.65. The number of aromatic nitrogens is 2. The Morgan fingerprint density at radius 3 is 2.38 bits per heavy atom. The second kappa shape index (κ2) is 12.0. The van der Waals surface area contributed by atoms with E-state index in [0.29, 0.717) is 5.56 Å². The summed E-state index contributed by atoms with van der Waals surface area (Å²) in [6, 6.07) is 28.0. The predicted octanol–water partition coefficient (Wildman–Crippen LogP) is 7.23. The number of fused-ring (bicyclic) bond motifs is 1. The fourth-order valence-corrected chi connectivity index (χ4v) is 4.95. The van der Waals surface area contributed by atoms with E-state index in [2.05, 4.69) is 6.92 Å². The number of aromatic carboxylic acids is 1. The first-order chi connectivity index (χ1) is 19.4. The highest BCUT2D eigenvalue weighted by Gasteiger charge is 2.24. The molecule has 1 unspecified atom stereocenters. The van der Waals surface area contributed by atoms with E-state index in [1.165, 1.54) is 0 Å². The van der Waals surface area contributed by atoms with E-state index in [1.54, 1.807) is 18.2 Å². The lowest BCUT2D eigenvalue weighted by atomic mass is 9.96. The standard InChI is InChI=1S/C34H32N2O4/c1-3-4-12-27-22-36-30(20-15-23(2)33(36)35-27)32(40-31(37)21-24-10-6-5-7-11-24)26-18-16-25(17-19-26)28-13-8-9-14-29(28)34(38)39/h5-11,13-20,22,32H,3-4,12,21H2,1-2H3,(H,38,39). The van der Waals surface area contributed by atoms with Crippen LogP contribution in [0.15, 0.2) is 97.2 Å². The number of unbranched alkanes of at least 4 members (excludes halogenated alkanes) is 1. The third kappa shape index (κ3) is 5.81. The fourth-order valence-electron chi connectivity index (χ4n) is 4.95. The Kier molecular flexibility index (Phi) is 8.06. The molecule has 2 heterocycles. The number of hydrogen-bond acceptors (Lipinski definition) is 4. The Balaban J connectivity index is 1.55. The van der Waals surface area contributed by atoms with Crippen LogP contribution in [0.1, 0.15) is 64.3 Å². The first kappa shape index (κ1) is 26.9. The van der Waals surface area contributed by atoms with Gasteiger partial charge in [0, 0.05) is 6.20 Å². The van der Waals surface area contributed by atoms with Crippen LogP contribution in [-0.2, 0) is 22.4 Å². The molecule has 3 aromatic carbocycles. The van der Waals surface area contributed by atoms with Gasteiger partial charge >= 0.3 is 11.9 Å². The average molecular weight is 533 g/mol. The van der Waals surface area contributed by atoms with Crippen molar-refractivity contribution in [3.8, 4) is 11.1 Å². The molecule has 202 valence electrons. The smallest absolute Gasteiger partial charge is 0.336 e. The van der Waals surface area contributed by atoms with E-state index in [0.717, 1.165) is 58.6 Å². The number of ether oxygens (including phenoxy) is 1. The van der Waals surface area contributed by atoms with Crippen molar-refractivity contribution < 1.29 is 19.4 Å². The zero-order chi connectivity index (χ0) is 28.1. The minimum atomic E-state index is -0.978. The number of benzene rings is 3. The zero-order valence-corrected chi connectivity index (χ0v) is 22.7. The lowest BCUT2D eigenvalue weighted by molar-refractivity contribution is -0.146. The average Bonchev–Trinajstić information content (AvgIpc) is 3.41. The Bertz CT molecular complexity index is 1640. The van der Waals surface area contributed by atoms with Gasteiger partial charge in [0.25, 0.3) is 0 Å². The highest BCUT2D eigenvalue weighted by atomic mass is 16.5. The molecule has 5 aromatic rings. The number of rotatable bonds is 10. The van der Waals surface area contributed by atoms with Crippen LogP contribution in [0.25, 0.3) is 16.8 Å². The minimum absolute atomic E-state index is 0.155. The maximum absolute atomic E-state index is 13.2. The van der Waals surface area contributed by atoms with Crippen molar-refractivity contribution in [2.24, 2.45) is 0 Å². The van der Waals surface area contributed by atoms with Gasteiger partial charge in [-0.15, -0.1) is 0 Å².